The molecule has 3 aliphatic carbocycles. The zero-order chi connectivity index (χ0) is 13.7. The fraction of sp³-hybridized carbons (Fsp3) is 0.812. The van der Waals surface area contributed by atoms with Gasteiger partial charge >= 0.3 is 5.97 Å². The Balaban J connectivity index is 0.000000178. The van der Waals surface area contributed by atoms with Crippen molar-refractivity contribution in [1.29, 1.82) is 0 Å². The number of carboxylic acid groups (broad SMARTS) is 1. The summed E-state index contributed by atoms with van der Waals surface area (Å²) in [5.41, 5.74) is 0.176. The minimum absolute atomic E-state index is 0.176. The minimum atomic E-state index is -0.935. The van der Waals surface area contributed by atoms with Gasteiger partial charge in [0.25, 0.3) is 0 Å². The molecule has 4 atom stereocenters. The van der Waals surface area contributed by atoms with Gasteiger partial charge in [-0.05, 0) is 62.7 Å². The fourth-order valence-corrected chi connectivity index (χ4v) is 4.02. The van der Waals surface area contributed by atoms with Gasteiger partial charge in [0.1, 0.15) is 0 Å². The van der Waals surface area contributed by atoms with Crippen molar-refractivity contribution in [3.8, 4) is 0 Å². The summed E-state index contributed by atoms with van der Waals surface area (Å²) >= 11 is 0. The van der Waals surface area contributed by atoms with Crippen molar-refractivity contribution in [3.05, 3.63) is 12.2 Å². The molecule has 0 heterocycles. The summed E-state index contributed by atoms with van der Waals surface area (Å²) in [5, 5.41) is 7.89. The first-order valence-electron chi connectivity index (χ1n) is 7.48. The van der Waals surface area contributed by atoms with Gasteiger partial charge in [-0.1, -0.05) is 26.8 Å². The second-order valence-corrected chi connectivity index (χ2v) is 5.68. The van der Waals surface area contributed by atoms with Gasteiger partial charge in [0, 0.05) is 5.57 Å². The van der Waals surface area contributed by atoms with Crippen molar-refractivity contribution in [1.82, 2.24) is 0 Å². The molecule has 4 unspecified atom stereocenters. The SMILES string of the molecule is C1CC2C3CCC(C3)C2C1.C=C(C)C(=O)O.CC. The maximum Gasteiger partial charge on any atom is 0.330 e. The summed E-state index contributed by atoms with van der Waals surface area (Å²) in [7, 11) is 0. The molecular weight excluding hydrogens is 224 g/mol. The Labute approximate surface area is 111 Å². The van der Waals surface area contributed by atoms with E-state index in [0.29, 0.717) is 0 Å². The first-order chi connectivity index (χ1) is 8.59. The molecule has 0 aromatic heterocycles. The smallest absolute Gasteiger partial charge is 0.330 e. The average molecular weight is 252 g/mol. The van der Waals surface area contributed by atoms with Gasteiger partial charge in [-0.2, -0.15) is 0 Å². The van der Waals surface area contributed by atoms with Crippen LogP contribution in [0.3, 0.4) is 0 Å². The van der Waals surface area contributed by atoms with E-state index in [4.69, 9.17) is 5.11 Å². The molecule has 2 heteroatoms. The Morgan fingerprint density at radius 2 is 1.44 bits per heavy atom. The lowest BCUT2D eigenvalue weighted by Crippen LogP contribution is -2.15. The van der Waals surface area contributed by atoms with Gasteiger partial charge in [0.2, 0.25) is 0 Å². The van der Waals surface area contributed by atoms with Crippen molar-refractivity contribution in [2.45, 2.75) is 59.3 Å². The van der Waals surface area contributed by atoms with Gasteiger partial charge < -0.3 is 5.11 Å². The Morgan fingerprint density at radius 3 is 1.78 bits per heavy atom. The van der Waals surface area contributed by atoms with Crippen LogP contribution in [0.25, 0.3) is 0 Å². The average Bonchev–Trinajstić information content (AvgIpc) is 3.06. The number of aliphatic carboxylic acids is 1. The fourth-order valence-electron chi connectivity index (χ4n) is 4.02. The van der Waals surface area contributed by atoms with E-state index in [0.717, 1.165) is 0 Å². The minimum Gasteiger partial charge on any atom is -0.478 e. The van der Waals surface area contributed by atoms with Crippen LogP contribution in [0.4, 0.5) is 0 Å². The monoisotopic (exact) mass is 252 g/mol. The molecular formula is C16H28O2. The normalized spacial score (nSPS) is 34.8. The van der Waals surface area contributed by atoms with E-state index in [1.54, 1.807) is 38.5 Å². The molecule has 3 saturated carbocycles. The summed E-state index contributed by atoms with van der Waals surface area (Å²) in [6.07, 6.45) is 9.53. The molecule has 3 aliphatic rings. The van der Waals surface area contributed by atoms with Crippen molar-refractivity contribution < 1.29 is 9.90 Å². The molecule has 0 saturated heterocycles. The van der Waals surface area contributed by atoms with Crippen LogP contribution in [0.15, 0.2) is 12.2 Å². The highest BCUT2D eigenvalue weighted by Gasteiger charge is 2.48. The lowest BCUT2D eigenvalue weighted by Gasteiger charge is -2.23. The summed E-state index contributed by atoms with van der Waals surface area (Å²) in [4.78, 5) is 9.60. The summed E-state index contributed by atoms with van der Waals surface area (Å²) in [6, 6.07) is 0. The second-order valence-electron chi connectivity index (χ2n) is 5.68. The van der Waals surface area contributed by atoms with Gasteiger partial charge in [0.15, 0.2) is 0 Å². The molecule has 0 spiro atoms. The topological polar surface area (TPSA) is 37.3 Å². The Morgan fingerprint density at radius 1 is 1.06 bits per heavy atom. The summed E-state index contributed by atoms with van der Waals surface area (Å²) < 4.78 is 0. The number of hydrogen-bond donors (Lipinski definition) is 1. The van der Waals surface area contributed by atoms with Gasteiger partial charge in [-0.3, -0.25) is 0 Å². The summed E-state index contributed by atoms with van der Waals surface area (Å²) in [5.74, 6) is 3.86. The highest BCUT2D eigenvalue weighted by molar-refractivity contribution is 5.84. The molecule has 2 nitrogen and oxygen atoms in total. The quantitative estimate of drug-likeness (QED) is 0.697. The second kappa shape index (κ2) is 6.96. The molecule has 0 aromatic carbocycles. The standard InChI is InChI=1S/C10H16.C4H6O2.C2H6/c1-2-9-7-4-5-8(6-7)10(9)3-1;1-3(2)4(5)6;1-2/h7-10H,1-6H2;1H2,2H3,(H,5,6);1-2H3. The zero-order valence-corrected chi connectivity index (χ0v) is 12.1. The number of carbonyl (C=O) groups is 1. The lowest BCUT2D eigenvalue weighted by atomic mass is 9.82. The maximum atomic E-state index is 9.60. The third-order valence-corrected chi connectivity index (χ3v) is 4.71. The molecule has 1 N–H and O–H groups in total. The van der Waals surface area contributed by atoms with Gasteiger partial charge in [-0.25, -0.2) is 4.79 Å². The highest BCUT2D eigenvalue weighted by Crippen LogP contribution is 2.58. The Kier molecular flexibility index (Phi) is 5.90. The molecule has 104 valence electrons. The zero-order valence-electron chi connectivity index (χ0n) is 12.1. The molecule has 0 aromatic rings. The Bertz CT molecular complexity index is 267. The number of hydrogen-bond acceptors (Lipinski definition) is 1. The number of carboxylic acids is 1. The Hall–Kier alpha value is -0.790. The van der Waals surface area contributed by atoms with Crippen molar-refractivity contribution in [2.75, 3.05) is 0 Å². The number of fused-ring (bicyclic) bond motifs is 5. The van der Waals surface area contributed by atoms with Crippen LogP contribution >= 0.6 is 0 Å². The molecule has 18 heavy (non-hydrogen) atoms. The van der Waals surface area contributed by atoms with Crippen molar-refractivity contribution >= 4 is 5.97 Å². The van der Waals surface area contributed by atoms with Crippen LogP contribution in [0.5, 0.6) is 0 Å². The predicted octanol–water partition coefficient (Wildman–Crippen LogP) is 4.51. The largest absolute Gasteiger partial charge is 0.478 e. The maximum absolute atomic E-state index is 9.60. The third-order valence-electron chi connectivity index (χ3n) is 4.71. The van der Waals surface area contributed by atoms with Gasteiger partial charge in [-0.15, -0.1) is 0 Å². The highest BCUT2D eigenvalue weighted by atomic mass is 16.4. The molecule has 2 bridgehead atoms. The summed E-state index contributed by atoms with van der Waals surface area (Å²) in [6.45, 7) is 8.60. The van der Waals surface area contributed by atoms with Crippen molar-refractivity contribution in [2.24, 2.45) is 23.7 Å². The van der Waals surface area contributed by atoms with Crippen LogP contribution < -0.4 is 0 Å². The van der Waals surface area contributed by atoms with E-state index in [1.807, 2.05) is 13.8 Å². The van der Waals surface area contributed by atoms with E-state index in [9.17, 15) is 4.79 Å². The number of rotatable bonds is 1. The van der Waals surface area contributed by atoms with Crippen LogP contribution in [-0.4, -0.2) is 11.1 Å². The molecule has 0 amide bonds. The van der Waals surface area contributed by atoms with Crippen LogP contribution in [0.2, 0.25) is 0 Å². The van der Waals surface area contributed by atoms with E-state index in [1.165, 1.54) is 30.6 Å². The van der Waals surface area contributed by atoms with Crippen LogP contribution in [-0.2, 0) is 4.79 Å². The van der Waals surface area contributed by atoms with Crippen molar-refractivity contribution in [3.63, 3.8) is 0 Å². The molecule has 0 radical (unpaired) electrons. The predicted molar refractivity (Wildman–Crippen MR) is 75.5 cm³/mol. The van der Waals surface area contributed by atoms with Crippen LogP contribution in [0, 0.1) is 23.7 Å². The third kappa shape index (κ3) is 3.37. The molecule has 0 aliphatic heterocycles. The van der Waals surface area contributed by atoms with Crippen LogP contribution in [0.1, 0.15) is 59.3 Å². The van der Waals surface area contributed by atoms with E-state index in [-0.39, 0.29) is 5.57 Å². The lowest BCUT2D eigenvalue weighted by molar-refractivity contribution is -0.132. The molecule has 3 fully saturated rings. The van der Waals surface area contributed by atoms with E-state index < -0.39 is 5.97 Å². The first kappa shape index (κ1) is 15.3. The van der Waals surface area contributed by atoms with Gasteiger partial charge in [0.05, 0.1) is 0 Å². The van der Waals surface area contributed by atoms with E-state index >= 15 is 0 Å². The van der Waals surface area contributed by atoms with E-state index in [2.05, 4.69) is 6.58 Å². The molecule has 3 rings (SSSR count). The first-order valence-corrected chi connectivity index (χ1v) is 7.48.